The highest BCUT2D eigenvalue weighted by Gasteiger charge is 2.25. The molecule has 1 amide bonds. The first-order valence-electron chi connectivity index (χ1n) is 6.57. The van der Waals surface area contributed by atoms with E-state index in [2.05, 4.69) is 16.4 Å². The van der Waals surface area contributed by atoms with Crippen molar-refractivity contribution in [1.82, 2.24) is 4.90 Å². The molecule has 0 saturated carbocycles. The lowest BCUT2D eigenvalue weighted by molar-refractivity contribution is 0.148. The lowest BCUT2D eigenvalue weighted by atomic mass is 10.1. The third-order valence-corrected chi connectivity index (χ3v) is 3.63. The van der Waals surface area contributed by atoms with Crippen molar-refractivity contribution in [3.05, 3.63) is 29.3 Å². The fraction of sp³-hybridized carbons (Fsp3) is 0.429. The first-order chi connectivity index (χ1) is 9.29. The lowest BCUT2D eigenvalue weighted by Gasteiger charge is -2.19. The molecule has 0 unspecified atom stereocenters. The van der Waals surface area contributed by atoms with E-state index in [9.17, 15) is 4.79 Å². The number of aryl methyl sites for hydroxylation is 1. The Labute approximate surface area is 112 Å². The summed E-state index contributed by atoms with van der Waals surface area (Å²) in [5.41, 5.74) is 3.81. The topological polar surface area (TPSA) is 53.9 Å². The normalized spacial score (nSPS) is 17.1. The quantitative estimate of drug-likeness (QED) is 0.839. The monoisotopic (exact) mass is 259 g/mol. The van der Waals surface area contributed by atoms with Gasteiger partial charge in [-0.05, 0) is 36.5 Å². The van der Waals surface area contributed by atoms with Crippen molar-refractivity contribution in [3.63, 3.8) is 0 Å². The number of rotatable bonds is 1. The van der Waals surface area contributed by atoms with Crippen LogP contribution in [-0.2, 0) is 17.6 Å². The van der Waals surface area contributed by atoms with Gasteiger partial charge in [-0.1, -0.05) is 12.1 Å². The second-order valence-corrected chi connectivity index (χ2v) is 4.75. The molecule has 1 N–H and O–H groups in total. The highest BCUT2D eigenvalue weighted by Crippen LogP contribution is 2.29. The van der Waals surface area contributed by atoms with E-state index in [1.54, 1.807) is 0 Å². The van der Waals surface area contributed by atoms with Crippen molar-refractivity contribution in [1.29, 1.82) is 0 Å². The van der Waals surface area contributed by atoms with Crippen LogP contribution in [0.2, 0.25) is 0 Å². The predicted octanol–water partition coefficient (Wildman–Crippen LogP) is 2.03. The Morgan fingerprint density at radius 3 is 3.16 bits per heavy atom. The average molecular weight is 259 g/mol. The Hall–Kier alpha value is -2.04. The van der Waals surface area contributed by atoms with Crippen molar-refractivity contribution in [2.24, 2.45) is 4.99 Å². The standard InChI is InChI=1S/C14H17N3O2/c1-19-14(18)17-9-8-15-13(17)16-12-7-3-5-10-4-2-6-11(10)12/h3,5,7H,2,4,6,8-9H2,1H3,(H,15,16). The Morgan fingerprint density at radius 1 is 1.42 bits per heavy atom. The van der Waals surface area contributed by atoms with Gasteiger partial charge in [-0.3, -0.25) is 4.99 Å². The van der Waals surface area contributed by atoms with Gasteiger partial charge in [0, 0.05) is 5.69 Å². The molecule has 0 aromatic heterocycles. The molecule has 5 heteroatoms. The minimum absolute atomic E-state index is 0.365. The number of methoxy groups -OCH3 is 1. The van der Waals surface area contributed by atoms with Crippen molar-refractivity contribution < 1.29 is 9.53 Å². The van der Waals surface area contributed by atoms with E-state index in [1.807, 2.05) is 12.1 Å². The summed E-state index contributed by atoms with van der Waals surface area (Å²) >= 11 is 0. The number of nitrogens with one attached hydrogen (secondary N) is 1. The molecule has 2 aliphatic rings. The maximum Gasteiger partial charge on any atom is 0.416 e. The van der Waals surface area contributed by atoms with Crippen LogP contribution in [0.5, 0.6) is 0 Å². The zero-order valence-corrected chi connectivity index (χ0v) is 11.0. The number of nitrogens with zero attached hydrogens (tertiary/aromatic N) is 2. The average Bonchev–Trinajstić information content (AvgIpc) is 3.06. The van der Waals surface area contributed by atoms with Gasteiger partial charge in [-0.2, -0.15) is 0 Å². The van der Waals surface area contributed by atoms with Gasteiger partial charge < -0.3 is 10.1 Å². The van der Waals surface area contributed by atoms with Crippen molar-refractivity contribution in [2.75, 3.05) is 25.5 Å². The predicted molar refractivity (Wildman–Crippen MR) is 73.5 cm³/mol. The number of carbonyl (C=O) groups excluding carboxylic acids is 1. The fourth-order valence-corrected chi connectivity index (χ4v) is 2.70. The number of fused-ring (bicyclic) bond motifs is 1. The third-order valence-electron chi connectivity index (χ3n) is 3.63. The summed E-state index contributed by atoms with van der Waals surface area (Å²) < 4.78 is 4.76. The molecule has 5 nitrogen and oxygen atoms in total. The molecule has 1 aliphatic heterocycles. The van der Waals surface area contributed by atoms with Crippen LogP contribution in [-0.4, -0.2) is 37.2 Å². The highest BCUT2D eigenvalue weighted by atomic mass is 16.5. The summed E-state index contributed by atoms with van der Waals surface area (Å²) in [5.74, 6) is 0.590. The van der Waals surface area contributed by atoms with Crippen LogP contribution in [0.15, 0.2) is 23.2 Å². The Morgan fingerprint density at radius 2 is 2.32 bits per heavy atom. The molecule has 0 radical (unpaired) electrons. The minimum Gasteiger partial charge on any atom is -0.452 e. The van der Waals surface area contributed by atoms with E-state index in [1.165, 1.54) is 29.6 Å². The lowest BCUT2D eigenvalue weighted by Crippen LogP contribution is -2.38. The van der Waals surface area contributed by atoms with Gasteiger partial charge in [-0.15, -0.1) is 0 Å². The van der Waals surface area contributed by atoms with Crippen LogP contribution in [0, 0.1) is 0 Å². The first-order valence-corrected chi connectivity index (χ1v) is 6.57. The Kier molecular flexibility index (Phi) is 3.11. The van der Waals surface area contributed by atoms with Gasteiger partial charge in [0.15, 0.2) is 0 Å². The summed E-state index contributed by atoms with van der Waals surface area (Å²) in [4.78, 5) is 17.5. The molecular weight excluding hydrogens is 242 g/mol. The zero-order valence-electron chi connectivity index (χ0n) is 11.0. The number of aliphatic imine (C=N–C) groups is 1. The van der Waals surface area contributed by atoms with E-state index < -0.39 is 0 Å². The van der Waals surface area contributed by atoms with Crippen LogP contribution in [0.25, 0.3) is 0 Å². The highest BCUT2D eigenvalue weighted by molar-refractivity contribution is 6.03. The molecule has 0 saturated heterocycles. The molecule has 0 atom stereocenters. The fourth-order valence-electron chi connectivity index (χ4n) is 2.70. The van der Waals surface area contributed by atoms with Gasteiger partial charge in [0.05, 0.1) is 20.2 Å². The Balaban J connectivity index is 1.82. The van der Waals surface area contributed by atoms with E-state index >= 15 is 0 Å². The van der Waals surface area contributed by atoms with E-state index in [4.69, 9.17) is 4.74 Å². The van der Waals surface area contributed by atoms with Crippen LogP contribution < -0.4 is 5.32 Å². The molecular formula is C14H17N3O2. The smallest absolute Gasteiger partial charge is 0.416 e. The molecule has 19 heavy (non-hydrogen) atoms. The van der Waals surface area contributed by atoms with Crippen molar-refractivity contribution in [3.8, 4) is 0 Å². The van der Waals surface area contributed by atoms with Crippen LogP contribution in [0.4, 0.5) is 10.5 Å². The zero-order chi connectivity index (χ0) is 13.2. The molecule has 1 aliphatic carbocycles. The van der Waals surface area contributed by atoms with Gasteiger partial charge in [-0.25, -0.2) is 9.69 Å². The van der Waals surface area contributed by atoms with Crippen LogP contribution >= 0.6 is 0 Å². The molecule has 0 spiro atoms. The third kappa shape index (κ3) is 2.16. The number of ether oxygens (including phenoxy) is 1. The van der Waals surface area contributed by atoms with E-state index in [0.717, 1.165) is 18.5 Å². The number of hydrogen-bond donors (Lipinski definition) is 1. The number of carbonyl (C=O) groups is 1. The van der Waals surface area contributed by atoms with Crippen LogP contribution in [0.3, 0.4) is 0 Å². The number of amides is 1. The van der Waals surface area contributed by atoms with Crippen molar-refractivity contribution >= 4 is 17.7 Å². The molecule has 0 fully saturated rings. The summed E-state index contributed by atoms with van der Waals surface area (Å²) in [6, 6.07) is 6.26. The second kappa shape index (κ2) is 4.91. The first kappa shape index (κ1) is 12.0. The SMILES string of the molecule is COC(=O)N1CCN=C1Nc1cccc2c1CCC2. The number of guanidine groups is 1. The molecule has 1 aromatic carbocycles. The Bertz CT molecular complexity index is 539. The van der Waals surface area contributed by atoms with Gasteiger partial charge in [0.1, 0.15) is 0 Å². The van der Waals surface area contributed by atoms with Gasteiger partial charge in [0.25, 0.3) is 0 Å². The maximum absolute atomic E-state index is 11.6. The van der Waals surface area contributed by atoms with E-state index in [-0.39, 0.29) is 6.09 Å². The molecule has 1 aromatic rings. The summed E-state index contributed by atoms with van der Waals surface area (Å²) in [7, 11) is 1.39. The van der Waals surface area contributed by atoms with Gasteiger partial charge >= 0.3 is 6.09 Å². The number of benzene rings is 1. The molecule has 0 bridgehead atoms. The van der Waals surface area contributed by atoms with Crippen molar-refractivity contribution in [2.45, 2.75) is 19.3 Å². The van der Waals surface area contributed by atoms with E-state index in [0.29, 0.717) is 19.0 Å². The van der Waals surface area contributed by atoms with Gasteiger partial charge in [0.2, 0.25) is 5.96 Å². The summed E-state index contributed by atoms with van der Waals surface area (Å²) in [6.07, 6.45) is 3.06. The summed E-state index contributed by atoms with van der Waals surface area (Å²) in [5, 5.41) is 3.28. The number of hydrogen-bond acceptors (Lipinski definition) is 4. The minimum atomic E-state index is -0.365. The molecule has 3 rings (SSSR count). The molecule has 100 valence electrons. The summed E-state index contributed by atoms with van der Waals surface area (Å²) in [6.45, 7) is 1.19. The number of anilines is 1. The second-order valence-electron chi connectivity index (χ2n) is 4.75. The van der Waals surface area contributed by atoms with Crippen LogP contribution in [0.1, 0.15) is 17.5 Å². The molecule has 1 heterocycles. The largest absolute Gasteiger partial charge is 0.452 e. The maximum atomic E-state index is 11.6.